The van der Waals surface area contributed by atoms with Gasteiger partial charge in [-0.15, -0.1) is 6.42 Å². The van der Waals surface area contributed by atoms with E-state index < -0.39 is 59.9 Å². The average molecular weight is 558 g/mol. The van der Waals surface area contributed by atoms with Crippen LogP contribution in [0.25, 0.3) is 0 Å². The maximum Gasteiger partial charge on any atom is 0.490 e. The van der Waals surface area contributed by atoms with Gasteiger partial charge in [-0.3, -0.25) is 9.09 Å². The number of ether oxygens (including phenoxy) is 1. The summed E-state index contributed by atoms with van der Waals surface area (Å²) in [6.07, 6.45) is 0.437. The monoisotopic (exact) mass is 558 g/mol. The van der Waals surface area contributed by atoms with Crippen LogP contribution < -0.4 is 0 Å². The van der Waals surface area contributed by atoms with Crippen molar-refractivity contribution < 1.29 is 65.8 Å². The minimum Gasteiger partial charge on any atom is -0.386 e. The van der Waals surface area contributed by atoms with Gasteiger partial charge in [-0.25, -0.2) is 18.1 Å². The maximum atomic E-state index is 13.9. The molecule has 1 aromatic heterocycles. The molecule has 0 aliphatic carbocycles. The lowest BCUT2D eigenvalue weighted by Crippen LogP contribution is -2.46. The normalized spacial score (nSPS) is 29.8. The number of aromatic amines is 1. The second kappa shape index (κ2) is 9.51. The minimum absolute atomic E-state index is 0.282. The fourth-order valence-corrected chi connectivity index (χ4v) is 5.94. The van der Waals surface area contributed by atoms with E-state index in [1.165, 1.54) is 0 Å². The maximum absolute atomic E-state index is 13.9. The zero-order valence-corrected chi connectivity index (χ0v) is 19.4. The first-order chi connectivity index (χ1) is 14.4. The van der Waals surface area contributed by atoms with E-state index in [4.69, 9.17) is 38.1 Å². The molecule has 0 spiro atoms. The van der Waals surface area contributed by atoms with Crippen molar-refractivity contribution in [1.82, 2.24) is 9.55 Å². The van der Waals surface area contributed by atoms with Crippen molar-refractivity contribution in [2.45, 2.75) is 24.0 Å². The lowest BCUT2D eigenvalue weighted by molar-refractivity contribution is -0.0755. The molecule has 0 saturated carbocycles. The van der Waals surface area contributed by atoms with Crippen LogP contribution in [0.4, 0.5) is 4.39 Å². The van der Waals surface area contributed by atoms with Crippen LogP contribution in [0.1, 0.15) is 6.23 Å². The Balaban J connectivity index is 2.23. The highest BCUT2D eigenvalue weighted by Gasteiger charge is 2.56. The summed E-state index contributed by atoms with van der Waals surface area (Å²) in [6, 6.07) is 0. The van der Waals surface area contributed by atoms with Crippen molar-refractivity contribution >= 4 is 47.9 Å². The summed E-state index contributed by atoms with van der Waals surface area (Å²) in [6.45, 7) is -1.13. The molecule has 7 N–H and O–H groups in total. The Kier molecular flexibility index (Phi) is 8.19. The number of aliphatic hydroxyl groups is 2. The molecule has 1 aromatic rings. The van der Waals surface area contributed by atoms with Gasteiger partial charge >= 0.3 is 23.5 Å². The standard InChI is InChI=1S/C11H14FN2O13P3S2/c1-2-11(16)7(15)6(25-9(11)14-3-5(12)8(31)13-10(14)32)4-24-29(20,21)27-30(22,23)26-28(17,18)19/h1,3,6-7,9,15-16H,4H2,(H,20,21)(H,22,23)(H,13,31,32)(H2,17,18,19)/t6-,7?,9-,11-/m1/s1. The average Bonchev–Trinajstić information content (AvgIpc) is 2.85. The summed E-state index contributed by atoms with van der Waals surface area (Å²) in [5.41, 5.74) is -2.58. The molecule has 1 fully saturated rings. The molecule has 1 saturated heterocycles. The molecular weight excluding hydrogens is 544 g/mol. The van der Waals surface area contributed by atoms with Crippen LogP contribution >= 0.6 is 47.9 Å². The highest BCUT2D eigenvalue weighted by molar-refractivity contribution is 7.72. The van der Waals surface area contributed by atoms with Crippen LogP contribution in [0.2, 0.25) is 0 Å². The molecule has 0 amide bonds. The molecule has 3 unspecified atom stereocenters. The Morgan fingerprint density at radius 1 is 1.25 bits per heavy atom. The first kappa shape index (κ1) is 27.5. The highest BCUT2D eigenvalue weighted by atomic mass is 32.1. The fourth-order valence-electron chi connectivity index (χ4n) is 2.44. The number of nitrogens with one attached hydrogen (secondary N) is 1. The van der Waals surface area contributed by atoms with E-state index in [1.54, 1.807) is 0 Å². The van der Waals surface area contributed by atoms with Crippen molar-refractivity contribution in [2.24, 2.45) is 0 Å². The van der Waals surface area contributed by atoms with Gasteiger partial charge in [-0.1, -0.05) is 18.1 Å². The van der Waals surface area contributed by atoms with Crippen LogP contribution in [0.5, 0.6) is 0 Å². The zero-order valence-electron chi connectivity index (χ0n) is 15.1. The molecule has 0 bridgehead atoms. The first-order valence-electron chi connectivity index (χ1n) is 7.74. The Morgan fingerprint density at radius 3 is 2.38 bits per heavy atom. The molecule has 32 heavy (non-hydrogen) atoms. The van der Waals surface area contributed by atoms with Crippen molar-refractivity contribution in [3.05, 3.63) is 21.4 Å². The molecule has 180 valence electrons. The molecular formula is C11H14FN2O13P3S2. The molecule has 1 aliphatic heterocycles. The third-order valence-corrected chi connectivity index (χ3v) is 8.12. The Bertz CT molecular complexity index is 1190. The van der Waals surface area contributed by atoms with E-state index in [0.29, 0.717) is 6.20 Å². The number of phosphoric acid groups is 3. The number of aliphatic hydroxyl groups excluding tert-OH is 1. The molecule has 1 aliphatic rings. The summed E-state index contributed by atoms with van der Waals surface area (Å²) in [5.74, 6) is 0.835. The topological polar surface area (TPSA) is 230 Å². The lowest BCUT2D eigenvalue weighted by Gasteiger charge is -2.27. The van der Waals surface area contributed by atoms with Crippen LogP contribution in [-0.2, 0) is 31.6 Å². The van der Waals surface area contributed by atoms with Crippen molar-refractivity contribution in [2.75, 3.05) is 6.61 Å². The second-order valence-electron chi connectivity index (χ2n) is 5.97. The minimum atomic E-state index is -5.78. The number of terminal acetylenes is 1. The number of phosphoric ester groups is 1. The van der Waals surface area contributed by atoms with Crippen LogP contribution in [0, 0.1) is 27.6 Å². The zero-order chi connectivity index (χ0) is 24.7. The largest absolute Gasteiger partial charge is 0.490 e. The van der Waals surface area contributed by atoms with E-state index >= 15 is 0 Å². The van der Waals surface area contributed by atoms with Crippen LogP contribution in [-0.4, -0.2) is 63.8 Å². The second-order valence-corrected chi connectivity index (χ2v) is 11.2. The van der Waals surface area contributed by atoms with E-state index in [9.17, 15) is 33.2 Å². The predicted molar refractivity (Wildman–Crippen MR) is 104 cm³/mol. The molecule has 2 rings (SSSR count). The fraction of sp³-hybridized carbons (Fsp3) is 0.455. The van der Waals surface area contributed by atoms with Crippen LogP contribution in [0.3, 0.4) is 0 Å². The van der Waals surface area contributed by atoms with E-state index in [-0.39, 0.29) is 9.41 Å². The number of aromatic nitrogens is 2. The summed E-state index contributed by atoms with van der Waals surface area (Å²) in [5, 5.41) is 21.0. The Hall–Kier alpha value is -0.700. The number of nitrogens with zero attached hydrogens (tertiary/aromatic N) is 1. The molecule has 21 heteroatoms. The number of H-pyrrole nitrogens is 1. The first-order valence-corrected chi connectivity index (χ1v) is 13.1. The summed E-state index contributed by atoms with van der Waals surface area (Å²) in [7, 11) is -16.9. The van der Waals surface area contributed by atoms with Gasteiger partial charge < -0.3 is 39.5 Å². The number of hydrogen-bond donors (Lipinski definition) is 7. The quantitative estimate of drug-likeness (QED) is 0.130. The summed E-state index contributed by atoms with van der Waals surface area (Å²) >= 11 is 9.62. The van der Waals surface area contributed by atoms with Crippen LogP contribution in [0.15, 0.2) is 6.20 Å². The number of hydrogen-bond acceptors (Lipinski definition) is 11. The lowest BCUT2D eigenvalue weighted by atomic mass is 9.95. The van der Waals surface area contributed by atoms with Gasteiger partial charge in [0.15, 0.2) is 22.4 Å². The molecule has 15 nitrogen and oxygen atoms in total. The van der Waals surface area contributed by atoms with Crippen molar-refractivity contribution in [3.8, 4) is 12.3 Å². The van der Waals surface area contributed by atoms with E-state index in [1.807, 2.05) is 5.92 Å². The summed E-state index contributed by atoms with van der Waals surface area (Å²) in [4.78, 5) is 37.9. The third kappa shape index (κ3) is 6.45. The SMILES string of the molecule is C#C[C@@]1(O)C(O)[C@@H](COP(=O)(O)OP(=O)(O)OP(=O)(O)O)O[C@H]1n1cc(F)c(=S)[nH]c1=S. The van der Waals surface area contributed by atoms with Crippen molar-refractivity contribution in [3.63, 3.8) is 0 Å². The predicted octanol–water partition coefficient (Wildman–Crippen LogP) is 0.380. The van der Waals surface area contributed by atoms with Gasteiger partial charge in [0, 0.05) is 6.20 Å². The number of rotatable bonds is 8. The third-order valence-electron chi connectivity index (χ3n) is 3.71. The van der Waals surface area contributed by atoms with Gasteiger partial charge in [-0.05, 0) is 12.2 Å². The van der Waals surface area contributed by atoms with Gasteiger partial charge in [-0.2, -0.15) is 8.62 Å². The van der Waals surface area contributed by atoms with Crippen molar-refractivity contribution in [1.29, 1.82) is 0 Å². The Morgan fingerprint density at radius 2 is 1.84 bits per heavy atom. The van der Waals surface area contributed by atoms with E-state index in [2.05, 4.69) is 30.3 Å². The molecule has 0 radical (unpaired) electrons. The summed E-state index contributed by atoms with van der Waals surface area (Å²) < 4.78 is 64.4. The molecule has 2 heterocycles. The van der Waals surface area contributed by atoms with Gasteiger partial charge in [0.05, 0.1) is 6.61 Å². The van der Waals surface area contributed by atoms with Gasteiger partial charge in [0.25, 0.3) is 0 Å². The van der Waals surface area contributed by atoms with E-state index in [0.717, 1.165) is 4.57 Å². The smallest absolute Gasteiger partial charge is 0.386 e. The molecule has 0 aromatic carbocycles. The highest BCUT2D eigenvalue weighted by Crippen LogP contribution is 2.66. The Labute approximate surface area is 187 Å². The number of halogens is 1. The molecule has 6 atom stereocenters. The van der Waals surface area contributed by atoms with Gasteiger partial charge in [0.2, 0.25) is 0 Å². The van der Waals surface area contributed by atoms with Gasteiger partial charge in [0.1, 0.15) is 16.8 Å².